The Balaban J connectivity index is 4.04. The largest absolute Gasteiger partial charge is 0.510 e. The minimum absolute atomic E-state index is 0.166. The molecule has 1 rings (SSSR count). The first-order valence-corrected chi connectivity index (χ1v) is 15.9. The molecule has 0 spiro atoms. The summed E-state index contributed by atoms with van der Waals surface area (Å²) < 4.78 is 157. The molecule has 19 heteroatoms. The van der Waals surface area contributed by atoms with E-state index in [0.29, 0.717) is 0 Å². The molecule has 298 valence electrons. The fraction of sp³-hybridized carbons (Fsp3) is 0.875. The van der Waals surface area contributed by atoms with Gasteiger partial charge in [0.25, 0.3) is 0 Å². The molecule has 10 nitrogen and oxygen atoms in total. The van der Waals surface area contributed by atoms with Gasteiger partial charge in [-0.3, -0.25) is 9.59 Å². The maximum atomic E-state index is 14.9. The number of rotatable bonds is 10. The molecule has 0 aromatic heterocycles. The molecule has 0 aromatic carbocycles. The summed E-state index contributed by atoms with van der Waals surface area (Å²) in [5.41, 5.74) is -15.9. The number of halogens is 9. The summed E-state index contributed by atoms with van der Waals surface area (Å²) >= 11 is 0. The van der Waals surface area contributed by atoms with Crippen LogP contribution in [-0.2, 0) is 33.3 Å². The van der Waals surface area contributed by atoms with E-state index in [1.54, 1.807) is 0 Å². The Bertz CT molecular complexity index is 1260. The Labute approximate surface area is 290 Å². The Hall–Kier alpha value is -3.15. The van der Waals surface area contributed by atoms with E-state index >= 15 is 0 Å². The van der Waals surface area contributed by atoms with Gasteiger partial charge in [0, 0.05) is 11.8 Å². The van der Waals surface area contributed by atoms with Crippen LogP contribution in [0.3, 0.4) is 0 Å². The van der Waals surface area contributed by atoms with Crippen LogP contribution >= 0.6 is 0 Å². The number of carboxylic acid groups (broad SMARTS) is 1. The second kappa shape index (κ2) is 14.7. The zero-order chi connectivity index (χ0) is 40.6. The Morgan fingerprint density at radius 3 is 1.37 bits per heavy atom. The van der Waals surface area contributed by atoms with E-state index in [4.69, 9.17) is 9.47 Å². The van der Waals surface area contributed by atoms with E-state index in [0.717, 1.165) is 20.8 Å². The number of ether oxygens (including phenoxy) is 5. The molecule has 1 aliphatic carbocycles. The third-order valence-corrected chi connectivity index (χ3v) is 8.70. The quantitative estimate of drug-likeness (QED) is 0.130. The van der Waals surface area contributed by atoms with Gasteiger partial charge in [-0.2, -0.15) is 39.5 Å². The van der Waals surface area contributed by atoms with E-state index in [1.165, 1.54) is 48.5 Å². The van der Waals surface area contributed by atoms with Crippen molar-refractivity contribution in [3.63, 3.8) is 0 Å². The average molecular weight is 763 g/mol. The van der Waals surface area contributed by atoms with Crippen molar-refractivity contribution in [1.82, 2.24) is 0 Å². The molecule has 0 bridgehead atoms. The number of hydrogen-bond acceptors (Lipinski definition) is 9. The van der Waals surface area contributed by atoms with Gasteiger partial charge in [-0.05, 0) is 101 Å². The van der Waals surface area contributed by atoms with Crippen LogP contribution in [0.4, 0.5) is 49.1 Å². The minimum atomic E-state index is -6.55. The Kier molecular flexibility index (Phi) is 13.2. The normalized spacial score (nSPS) is 22.2. The lowest BCUT2D eigenvalue weighted by molar-refractivity contribution is -0.392. The minimum Gasteiger partial charge on any atom is -0.481 e. The van der Waals surface area contributed by atoms with Crippen molar-refractivity contribution < 1.29 is 87.5 Å². The highest BCUT2D eigenvalue weighted by Gasteiger charge is 2.79. The second-order valence-electron chi connectivity index (χ2n) is 15.9. The summed E-state index contributed by atoms with van der Waals surface area (Å²) in [6, 6.07) is 0. The lowest BCUT2D eigenvalue weighted by Crippen LogP contribution is -2.67. The molecule has 1 saturated carbocycles. The zero-order valence-corrected chi connectivity index (χ0v) is 30.3. The van der Waals surface area contributed by atoms with Crippen LogP contribution in [-0.4, -0.2) is 76.4 Å². The number of carbonyl (C=O) groups excluding carboxylic acids is 3. The second-order valence-corrected chi connectivity index (χ2v) is 15.9. The first kappa shape index (κ1) is 45.9. The maximum absolute atomic E-state index is 14.9. The Morgan fingerprint density at radius 2 is 1.02 bits per heavy atom. The predicted octanol–water partition coefficient (Wildman–Crippen LogP) is 9.32. The van der Waals surface area contributed by atoms with Gasteiger partial charge >= 0.3 is 48.4 Å². The van der Waals surface area contributed by atoms with E-state index in [2.05, 4.69) is 14.2 Å². The van der Waals surface area contributed by atoms with Crippen molar-refractivity contribution in [3.8, 4) is 0 Å². The molecule has 0 radical (unpaired) electrons. The molecule has 0 saturated heterocycles. The third-order valence-electron chi connectivity index (χ3n) is 8.70. The fourth-order valence-corrected chi connectivity index (χ4v) is 5.87. The summed E-state index contributed by atoms with van der Waals surface area (Å²) in [4.78, 5) is 50.4. The van der Waals surface area contributed by atoms with Crippen LogP contribution in [0.25, 0.3) is 0 Å². The molecule has 0 amide bonds. The molecular formula is C32H47F9O10. The first-order chi connectivity index (χ1) is 22.4. The van der Waals surface area contributed by atoms with E-state index < -0.39 is 120 Å². The summed E-state index contributed by atoms with van der Waals surface area (Å²) in [6.45, 7) is 12.4. The summed E-state index contributed by atoms with van der Waals surface area (Å²) in [5, 5.41) is 9.59. The number of hydrogen-bond donors (Lipinski definition) is 1. The van der Waals surface area contributed by atoms with Gasteiger partial charge in [0.05, 0.1) is 10.8 Å². The highest BCUT2D eigenvalue weighted by atomic mass is 19.4. The van der Waals surface area contributed by atoms with Gasteiger partial charge in [0.1, 0.15) is 17.3 Å². The molecule has 1 aliphatic rings. The van der Waals surface area contributed by atoms with Gasteiger partial charge in [-0.25, -0.2) is 9.59 Å². The monoisotopic (exact) mass is 762 g/mol. The van der Waals surface area contributed by atoms with Crippen molar-refractivity contribution in [2.45, 2.75) is 155 Å². The van der Waals surface area contributed by atoms with E-state index in [-0.39, 0.29) is 13.3 Å². The molecule has 51 heavy (non-hydrogen) atoms. The number of aliphatic carboxylic acids is 1. The van der Waals surface area contributed by atoms with Crippen LogP contribution in [0.5, 0.6) is 0 Å². The number of esters is 1. The van der Waals surface area contributed by atoms with Gasteiger partial charge in [0.2, 0.25) is 5.60 Å². The standard InChI is InChI=1S/C32H47F9O10/c1-12-27(10,16-26(8,9)20(42)43)21(44)47-19-14-17(28(11,30(33,34)35)50-22(45)48-24(2,3)4)13-18(15-19)29(31(36,37)38,32(39,40)41)51-23(46)49-25(5,6)7/h17-19H,12-16H2,1-11H3,(H,42,43). The van der Waals surface area contributed by atoms with Crippen LogP contribution < -0.4 is 0 Å². The van der Waals surface area contributed by atoms with Crippen LogP contribution in [0, 0.1) is 22.7 Å². The van der Waals surface area contributed by atoms with Crippen molar-refractivity contribution in [2.75, 3.05) is 0 Å². The number of carboxylic acids is 1. The molecule has 1 fully saturated rings. The van der Waals surface area contributed by atoms with E-state index in [1.807, 2.05) is 0 Å². The molecule has 5 unspecified atom stereocenters. The molecule has 1 N–H and O–H groups in total. The molecule has 0 aliphatic heterocycles. The number of carbonyl (C=O) groups is 4. The van der Waals surface area contributed by atoms with Gasteiger partial charge < -0.3 is 28.8 Å². The fourth-order valence-electron chi connectivity index (χ4n) is 5.87. The van der Waals surface area contributed by atoms with Crippen LogP contribution in [0.15, 0.2) is 0 Å². The van der Waals surface area contributed by atoms with E-state index in [9.17, 15) is 63.8 Å². The topological polar surface area (TPSA) is 135 Å². The highest BCUT2D eigenvalue weighted by molar-refractivity contribution is 5.79. The lowest BCUT2D eigenvalue weighted by Gasteiger charge is -2.49. The average Bonchev–Trinajstić information content (AvgIpc) is 2.86. The van der Waals surface area contributed by atoms with Crippen LogP contribution in [0.1, 0.15) is 108 Å². The summed E-state index contributed by atoms with van der Waals surface area (Å²) in [7, 11) is 0. The Morgan fingerprint density at radius 1 is 0.608 bits per heavy atom. The molecule has 0 heterocycles. The lowest BCUT2D eigenvalue weighted by atomic mass is 9.66. The van der Waals surface area contributed by atoms with Gasteiger partial charge in [0.15, 0.2) is 0 Å². The van der Waals surface area contributed by atoms with Gasteiger partial charge in [-0.1, -0.05) is 6.92 Å². The van der Waals surface area contributed by atoms with Crippen molar-refractivity contribution in [1.29, 1.82) is 0 Å². The summed E-state index contributed by atoms with van der Waals surface area (Å²) in [5.74, 6) is -8.35. The SMILES string of the molecule is CCC(C)(CC(C)(C)C(=O)O)C(=O)OC1CC(C(C)(OC(=O)OC(C)(C)C)C(F)(F)F)CC(C(OC(=O)OC(C)(C)C)(C(F)(F)F)C(F)(F)F)C1. The number of alkyl halides is 9. The highest BCUT2D eigenvalue weighted by Crippen LogP contribution is 2.58. The summed E-state index contributed by atoms with van der Waals surface area (Å²) in [6.07, 6.45) is -30.2. The third kappa shape index (κ3) is 10.9. The molecular weight excluding hydrogens is 715 g/mol. The predicted molar refractivity (Wildman–Crippen MR) is 159 cm³/mol. The van der Waals surface area contributed by atoms with Crippen molar-refractivity contribution >= 4 is 24.2 Å². The smallest absolute Gasteiger partial charge is 0.481 e. The van der Waals surface area contributed by atoms with Gasteiger partial charge in [-0.15, -0.1) is 0 Å². The molecule has 5 atom stereocenters. The molecule has 0 aromatic rings. The first-order valence-electron chi connectivity index (χ1n) is 15.9. The van der Waals surface area contributed by atoms with Crippen molar-refractivity contribution in [2.24, 2.45) is 22.7 Å². The zero-order valence-electron chi connectivity index (χ0n) is 30.3. The van der Waals surface area contributed by atoms with Crippen molar-refractivity contribution in [3.05, 3.63) is 0 Å². The maximum Gasteiger partial charge on any atom is 0.510 e. The van der Waals surface area contributed by atoms with Crippen LogP contribution in [0.2, 0.25) is 0 Å².